The average Bonchev–Trinajstić information content (AvgIpc) is 2.75. The molecule has 0 aromatic carbocycles. The van der Waals surface area contributed by atoms with Crippen LogP contribution in [0.5, 0.6) is 0 Å². The van der Waals surface area contributed by atoms with E-state index in [9.17, 15) is 9.90 Å². The van der Waals surface area contributed by atoms with Gasteiger partial charge in [-0.05, 0) is 5.92 Å². The summed E-state index contributed by atoms with van der Waals surface area (Å²) in [7, 11) is 1.31. The lowest BCUT2D eigenvalue weighted by molar-refractivity contribution is 0.0593. The van der Waals surface area contributed by atoms with Crippen molar-refractivity contribution in [2.75, 3.05) is 7.11 Å². The molecule has 0 aliphatic carbocycles. The van der Waals surface area contributed by atoms with Gasteiger partial charge in [-0.15, -0.1) is 11.3 Å². The smallest absolute Gasteiger partial charge is 0.357 e. The van der Waals surface area contributed by atoms with Crippen molar-refractivity contribution in [1.82, 2.24) is 4.98 Å². The first-order chi connectivity index (χ1) is 7.10. The number of methoxy groups -OCH3 is 1. The molecule has 1 rings (SSSR count). The van der Waals surface area contributed by atoms with Crippen LogP contribution in [0.4, 0.5) is 0 Å². The van der Waals surface area contributed by atoms with E-state index in [1.54, 1.807) is 5.38 Å². The molecular formula is C10H15NO3S. The van der Waals surface area contributed by atoms with Crippen LogP contribution in [-0.2, 0) is 4.74 Å². The molecule has 0 spiro atoms. The highest BCUT2D eigenvalue weighted by Crippen LogP contribution is 2.26. The molecule has 2 atom stereocenters. The maximum absolute atomic E-state index is 11.1. The van der Waals surface area contributed by atoms with E-state index in [0.29, 0.717) is 5.01 Å². The standard InChI is InChI=1S/C10H15NO3S/c1-4-6(2)8(12)9-11-7(5-15-9)10(13)14-3/h5-6,8,12H,4H2,1-3H3. The van der Waals surface area contributed by atoms with Crippen LogP contribution in [0.25, 0.3) is 0 Å². The number of carbonyl (C=O) groups excluding carboxylic acids is 1. The second-order valence-electron chi connectivity index (χ2n) is 3.39. The van der Waals surface area contributed by atoms with Gasteiger partial charge in [0.05, 0.1) is 7.11 Å². The highest BCUT2D eigenvalue weighted by atomic mass is 32.1. The lowest BCUT2D eigenvalue weighted by atomic mass is 10.0. The van der Waals surface area contributed by atoms with Gasteiger partial charge in [-0.25, -0.2) is 9.78 Å². The van der Waals surface area contributed by atoms with E-state index >= 15 is 0 Å². The summed E-state index contributed by atoms with van der Waals surface area (Å²) in [6, 6.07) is 0. The van der Waals surface area contributed by atoms with Gasteiger partial charge in [0.1, 0.15) is 11.1 Å². The minimum Gasteiger partial charge on any atom is -0.464 e. The van der Waals surface area contributed by atoms with Gasteiger partial charge < -0.3 is 9.84 Å². The number of aliphatic hydroxyl groups is 1. The Kier molecular flexibility index (Phi) is 4.23. The van der Waals surface area contributed by atoms with E-state index in [1.807, 2.05) is 13.8 Å². The summed E-state index contributed by atoms with van der Waals surface area (Å²) in [5.41, 5.74) is 0.264. The molecule has 1 aromatic heterocycles. The largest absolute Gasteiger partial charge is 0.464 e. The summed E-state index contributed by atoms with van der Waals surface area (Å²) in [5.74, 6) is -0.324. The van der Waals surface area contributed by atoms with Crippen LogP contribution < -0.4 is 0 Å². The third-order valence-corrected chi connectivity index (χ3v) is 3.27. The Labute approximate surface area is 92.9 Å². The SMILES string of the molecule is CCC(C)C(O)c1nc(C(=O)OC)cs1. The van der Waals surface area contributed by atoms with Gasteiger partial charge in [-0.3, -0.25) is 0 Å². The second-order valence-corrected chi connectivity index (χ2v) is 4.28. The van der Waals surface area contributed by atoms with Gasteiger partial charge in [0.15, 0.2) is 5.69 Å². The van der Waals surface area contributed by atoms with E-state index < -0.39 is 12.1 Å². The van der Waals surface area contributed by atoms with Crippen LogP contribution in [0.15, 0.2) is 5.38 Å². The third kappa shape index (κ3) is 2.76. The van der Waals surface area contributed by atoms with Crippen LogP contribution in [0.3, 0.4) is 0 Å². The molecule has 84 valence electrons. The predicted octanol–water partition coefficient (Wildman–Crippen LogP) is 2.01. The first-order valence-corrected chi connectivity index (χ1v) is 5.69. The molecule has 15 heavy (non-hydrogen) atoms. The van der Waals surface area contributed by atoms with Gasteiger partial charge in [0.2, 0.25) is 0 Å². The Bertz CT molecular complexity index is 337. The molecule has 0 bridgehead atoms. The number of aliphatic hydroxyl groups excluding tert-OH is 1. The molecule has 0 radical (unpaired) electrons. The number of nitrogens with zero attached hydrogens (tertiary/aromatic N) is 1. The van der Waals surface area contributed by atoms with E-state index in [4.69, 9.17) is 0 Å². The molecule has 1 heterocycles. The fourth-order valence-electron chi connectivity index (χ4n) is 1.09. The predicted molar refractivity (Wildman–Crippen MR) is 57.9 cm³/mol. The van der Waals surface area contributed by atoms with Crippen molar-refractivity contribution in [3.05, 3.63) is 16.1 Å². The summed E-state index contributed by atoms with van der Waals surface area (Å²) >= 11 is 1.28. The minimum absolute atomic E-state index is 0.140. The molecule has 0 amide bonds. The summed E-state index contributed by atoms with van der Waals surface area (Å²) in [6.07, 6.45) is 0.271. The highest BCUT2D eigenvalue weighted by Gasteiger charge is 2.20. The molecule has 0 saturated heterocycles. The Morgan fingerprint density at radius 3 is 2.93 bits per heavy atom. The van der Waals surface area contributed by atoms with Crippen molar-refractivity contribution in [2.24, 2.45) is 5.92 Å². The molecule has 0 aliphatic heterocycles. The lowest BCUT2D eigenvalue weighted by Crippen LogP contribution is -2.09. The average molecular weight is 229 g/mol. The molecule has 5 heteroatoms. The Balaban J connectivity index is 2.79. The topological polar surface area (TPSA) is 59.4 Å². The maximum Gasteiger partial charge on any atom is 0.357 e. The second kappa shape index (κ2) is 5.23. The number of hydrogen-bond donors (Lipinski definition) is 1. The number of rotatable bonds is 4. The Hall–Kier alpha value is -0.940. The Morgan fingerprint density at radius 1 is 1.73 bits per heavy atom. The Morgan fingerprint density at radius 2 is 2.40 bits per heavy atom. The summed E-state index contributed by atoms with van der Waals surface area (Å²) < 4.78 is 4.54. The zero-order valence-corrected chi connectivity index (χ0v) is 9.87. The minimum atomic E-state index is -0.599. The summed E-state index contributed by atoms with van der Waals surface area (Å²) in [5, 5.41) is 12.0. The van der Waals surface area contributed by atoms with Gasteiger partial charge in [0.25, 0.3) is 0 Å². The molecule has 1 aromatic rings. The number of ether oxygens (including phenoxy) is 1. The third-order valence-electron chi connectivity index (χ3n) is 2.35. The van der Waals surface area contributed by atoms with Crippen LogP contribution in [0, 0.1) is 5.92 Å². The van der Waals surface area contributed by atoms with Crippen molar-refractivity contribution < 1.29 is 14.6 Å². The van der Waals surface area contributed by atoms with E-state index in [-0.39, 0.29) is 11.6 Å². The molecular weight excluding hydrogens is 214 g/mol. The first kappa shape index (κ1) is 12.1. The van der Waals surface area contributed by atoms with Gasteiger partial charge in [-0.1, -0.05) is 20.3 Å². The monoisotopic (exact) mass is 229 g/mol. The van der Waals surface area contributed by atoms with Crippen molar-refractivity contribution in [1.29, 1.82) is 0 Å². The molecule has 1 N–H and O–H groups in total. The van der Waals surface area contributed by atoms with E-state index in [0.717, 1.165) is 6.42 Å². The molecule has 0 aliphatic rings. The van der Waals surface area contributed by atoms with Crippen molar-refractivity contribution in [3.63, 3.8) is 0 Å². The molecule has 0 saturated carbocycles. The normalized spacial score (nSPS) is 14.7. The number of carbonyl (C=O) groups is 1. The fraction of sp³-hybridized carbons (Fsp3) is 0.600. The van der Waals surface area contributed by atoms with Crippen LogP contribution >= 0.6 is 11.3 Å². The highest BCUT2D eigenvalue weighted by molar-refractivity contribution is 7.09. The first-order valence-electron chi connectivity index (χ1n) is 4.82. The summed E-state index contributed by atoms with van der Waals surface area (Å²) in [4.78, 5) is 15.2. The number of esters is 1. The number of aromatic nitrogens is 1. The summed E-state index contributed by atoms with van der Waals surface area (Å²) in [6.45, 7) is 3.95. The number of hydrogen-bond acceptors (Lipinski definition) is 5. The number of thiazole rings is 1. The van der Waals surface area contributed by atoms with Gasteiger partial charge in [0, 0.05) is 5.38 Å². The van der Waals surface area contributed by atoms with Crippen molar-refractivity contribution >= 4 is 17.3 Å². The lowest BCUT2D eigenvalue weighted by Gasteiger charge is -2.13. The van der Waals surface area contributed by atoms with Crippen molar-refractivity contribution in [3.8, 4) is 0 Å². The zero-order chi connectivity index (χ0) is 11.4. The van der Waals surface area contributed by atoms with Crippen LogP contribution in [0.2, 0.25) is 0 Å². The van der Waals surface area contributed by atoms with Crippen LogP contribution in [-0.4, -0.2) is 23.2 Å². The molecule has 0 fully saturated rings. The fourth-order valence-corrected chi connectivity index (χ4v) is 1.99. The van der Waals surface area contributed by atoms with Gasteiger partial charge in [-0.2, -0.15) is 0 Å². The zero-order valence-electron chi connectivity index (χ0n) is 9.06. The quantitative estimate of drug-likeness (QED) is 0.802. The van der Waals surface area contributed by atoms with Crippen molar-refractivity contribution in [2.45, 2.75) is 26.4 Å². The molecule has 2 unspecified atom stereocenters. The van der Waals surface area contributed by atoms with Crippen LogP contribution in [0.1, 0.15) is 41.9 Å². The molecule has 4 nitrogen and oxygen atoms in total. The van der Waals surface area contributed by atoms with E-state index in [1.165, 1.54) is 18.4 Å². The van der Waals surface area contributed by atoms with E-state index in [2.05, 4.69) is 9.72 Å². The van der Waals surface area contributed by atoms with Gasteiger partial charge >= 0.3 is 5.97 Å². The maximum atomic E-state index is 11.1.